The molecule has 5 heteroatoms. The molecule has 39 heavy (non-hydrogen) atoms. The summed E-state index contributed by atoms with van der Waals surface area (Å²) in [6, 6.07) is 35.2. The number of nitrogens with zero attached hydrogens (tertiary/aromatic N) is 1. The fourth-order valence-corrected chi connectivity index (χ4v) is 5.79. The standard InChI is InChI=1S/C34H30N2O3/c1-23(37)36-30-18-10-9-17-28(30)35-29-20-26(21-31(38)33(29)34(36)25-14-6-3-7-15-25)27-16-8-11-19-32(27)39-22-24-12-4-2-5-13-24/h2-19,26,34-35H,20-22H2,1H3/t26-,34-/m0/s1. The first-order chi connectivity index (χ1) is 19.1. The first-order valence-corrected chi connectivity index (χ1v) is 13.3. The fraction of sp³-hybridized carbons (Fsp3) is 0.176. The number of carbonyl (C=O) groups excluding carboxylic acids is 2. The minimum Gasteiger partial charge on any atom is -0.489 e. The van der Waals surface area contributed by atoms with Crippen molar-refractivity contribution in [2.45, 2.75) is 38.3 Å². The van der Waals surface area contributed by atoms with Crippen molar-refractivity contribution in [1.29, 1.82) is 0 Å². The smallest absolute Gasteiger partial charge is 0.224 e. The van der Waals surface area contributed by atoms with Crippen LogP contribution in [-0.2, 0) is 16.2 Å². The molecule has 0 saturated carbocycles. The lowest BCUT2D eigenvalue weighted by molar-refractivity contribution is -0.117. The maximum atomic E-state index is 14.1. The number of rotatable bonds is 5. The summed E-state index contributed by atoms with van der Waals surface area (Å²) in [6.07, 6.45) is 0.980. The number of benzene rings is 4. The molecular weight excluding hydrogens is 484 g/mol. The zero-order valence-electron chi connectivity index (χ0n) is 21.8. The van der Waals surface area contributed by atoms with E-state index < -0.39 is 6.04 Å². The fourth-order valence-electron chi connectivity index (χ4n) is 5.79. The van der Waals surface area contributed by atoms with Gasteiger partial charge >= 0.3 is 0 Å². The molecule has 1 N–H and O–H groups in total. The summed E-state index contributed by atoms with van der Waals surface area (Å²) >= 11 is 0. The summed E-state index contributed by atoms with van der Waals surface area (Å²) in [4.78, 5) is 29.0. The predicted octanol–water partition coefficient (Wildman–Crippen LogP) is 7.19. The zero-order chi connectivity index (χ0) is 26.8. The van der Waals surface area contributed by atoms with Crippen LogP contribution in [0.3, 0.4) is 0 Å². The van der Waals surface area contributed by atoms with E-state index in [-0.39, 0.29) is 17.6 Å². The van der Waals surface area contributed by atoms with Gasteiger partial charge in [0.2, 0.25) is 5.91 Å². The summed E-state index contributed by atoms with van der Waals surface area (Å²) in [6.45, 7) is 2.02. The van der Waals surface area contributed by atoms with E-state index in [1.54, 1.807) is 11.8 Å². The summed E-state index contributed by atoms with van der Waals surface area (Å²) in [7, 11) is 0. The molecule has 1 aliphatic heterocycles. The lowest BCUT2D eigenvalue weighted by atomic mass is 9.78. The number of hydrogen-bond donors (Lipinski definition) is 1. The van der Waals surface area contributed by atoms with Crippen LogP contribution in [0.4, 0.5) is 11.4 Å². The number of carbonyl (C=O) groups is 2. The minimum atomic E-state index is -0.507. The molecule has 0 saturated heterocycles. The Labute approximate surface area is 228 Å². The van der Waals surface area contributed by atoms with E-state index in [0.29, 0.717) is 25.0 Å². The van der Waals surface area contributed by atoms with E-state index in [9.17, 15) is 9.59 Å². The highest BCUT2D eigenvalue weighted by Gasteiger charge is 2.41. The normalized spacial score (nSPS) is 18.5. The lowest BCUT2D eigenvalue weighted by Crippen LogP contribution is -2.37. The van der Waals surface area contributed by atoms with E-state index in [0.717, 1.165) is 39.5 Å². The maximum Gasteiger partial charge on any atom is 0.224 e. The van der Waals surface area contributed by atoms with Crippen molar-refractivity contribution >= 4 is 23.1 Å². The third-order valence-electron chi connectivity index (χ3n) is 7.54. The molecule has 2 aliphatic rings. The number of nitrogens with one attached hydrogen (secondary N) is 1. The highest BCUT2D eigenvalue weighted by atomic mass is 16.5. The Morgan fingerprint density at radius 2 is 1.51 bits per heavy atom. The van der Waals surface area contributed by atoms with Crippen LogP contribution >= 0.6 is 0 Å². The summed E-state index contributed by atoms with van der Waals surface area (Å²) < 4.78 is 6.27. The molecule has 0 unspecified atom stereocenters. The number of amides is 1. The zero-order valence-corrected chi connectivity index (χ0v) is 21.8. The molecule has 4 aromatic rings. The van der Waals surface area contributed by atoms with Crippen LogP contribution in [0.1, 0.15) is 48.4 Å². The van der Waals surface area contributed by atoms with E-state index in [1.165, 1.54) is 0 Å². The van der Waals surface area contributed by atoms with Gasteiger partial charge in [0, 0.05) is 30.5 Å². The second-order valence-electron chi connectivity index (χ2n) is 10.1. The van der Waals surface area contributed by atoms with Gasteiger partial charge in [-0.05, 0) is 41.3 Å². The molecule has 5 nitrogen and oxygen atoms in total. The maximum absolute atomic E-state index is 14.1. The van der Waals surface area contributed by atoms with Gasteiger partial charge in [-0.15, -0.1) is 0 Å². The van der Waals surface area contributed by atoms with E-state index >= 15 is 0 Å². The first kappa shape index (κ1) is 24.7. The molecule has 1 heterocycles. The molecular formula is C34H30N2O3. The van der Waals surface area contributed by atoms with E-state index in [4.69, 9.17) is 4.74 Å². The predicted molar refractivity (Wildman–Crippen MR) is 154 cm³/mol. The molecule has 6 rings (SSSR count). The molecule has 0 spiro atoms. The highest BCUT2D eigenvalue weighted by Crippen LogP contribution is 2.48. The van der Waals surface area contributed by atoms with Gasteiger partial charge < -0.3 is 10.1 Å². The Kier molecular flexibility index (Phi) is 6.72. The molecule has 4 aromatic carbocycles. The second-order valence-corrected chi connectivity index (χ2v) is 10.1. The van der Waals surface area contributed by atoms with E-state index in [2.05, 4.69) is 11.4 Å². The first-order valence-electron chi connectivity index (χ1n) is 13.3. The third-order valence-corrected chi connectivity index (χ3v) is 7.54. The van der Waals surface area contributed by atoms with Crippen molar-refractivity contribution in [3.05, 3.63) is 137 Å². The van der Waals surface area contributed by atoms with Crippen molar-refractivity contribution in [2.75, 3.05) is 10.2 Å². The number of allylic oxidation sites excluding steroid dienone is 1. The summed E-state index contributed by atoms with van der Waals surface area (Å²) in [5.41, 5.74) is 6.13. The number of ether oxygens (including phenoxy) is 1. The Hall–Kier alpha value is -4.64. The number of para-hydroxylation sites is 3. The Balaban J connectivity index is 1.41. The topological polar surface area (TPSA) is 58.6 Å². The van der Waals surface area contributed by atoms with Crippen LogP contribution in [0.15, 0.2) is 120 Å². The molecule has 0 radical (unpaired) electrons. The highest BCUT2D eigenvalue weighted by molar-refractivity contribution is 6.06. The Morgan fingerprint density at radius 3 is 2.28 bits per heavy atom. The quantitative estimate of drug-likeness (QED) is 0.306. The van der Waals surface area contributed by atoms with Crippen molar-refractivity contribution in [3.63, 3.8) is 0 Å². The van der Waals surface area contributed by atoms with Crippen LogP contribution in [0, 0.1) is 0 Å². The number of Topliss-reactive ketones (excluding diaryl/α,β-unsaturated/α-hetero) is 1. The number of hydrogen-bond acceptors (Lipinski definition) is 4. The lowest BCUT2D eigenvalue weighted by Gasteiger charge is -2.34. The van der Waals surface area contributed by atoms with Gasteiger partial charge in [-0.1, -0.05) is 91.0 Å². The third kappa shape index (κ3) is 4.84. The SMILES string of the molecule is CC(=O)N1c2ccccc2NC2=C(C(=O)C[C@@H](c3ccccc3OCc3ccccc3)C2)[C@@H]1c1ccccc1. The summed E-state index contributed by atoms with van der Waals surface area (Å²) in [5.74, 6) is 0.673. The second kappa shape index (κ2) is 10.6. The molecule has 0 bridgehead atoms. The van der Waals surface area contributed by atoms with Crippen molar-refractivity contribution in [2.24, 2.45) is 0 Å². The van der Waals surface area contributed by atoms with Crippen molar-refractivity contribution in [1.82, 2.24) is 0 Å². The van der Waals surface area contributed by atoms with E-state index in [1.807, 2.05) is 103 Å². The van der Waals surface area contributed by atoms with Gasteiger partial charge in [-0.2, -0.15) is 0 Å². The number of anilines is 2. The number of fused-ring (bicyclic) bond motifs is 1. The van der Waals surface area contributed by atoms with Gasteiger partial charge in [-0.3, -0.25) is 14.5 Å². The average Bonchev–Trinajstić information content (AvgIpc) is 3.12. The molecule has 1 aliphatic carbocycles. The Bertz CT molecular complexity index is 1550. The molecule has 0 fully saturated rings. The van der Waals surface area contributed by atoms with Crippen molar-refractivity contribution < 1.29 is 14.3 Å². The average molecular weight is 515 g/mol. The number of ketones is 1. The molecule has 1 amide bonds. The van der Waals surface area contributed by atoms with Gasteiger partial charge in [-0.25, -0.2) is 0 Å². The van der Waals surface area contributed by atoms with Crippen LogP contribution in [0.5, 0.6) is 5.75 Å². The summed E-state index contributed by atoms with van der Waals surface area (Å²) in [5, 5.41) is 3.58. The van der Waals surface area contributed by atoms with Gasteiger partial charge in [0.25, 0.3) is 0 Å². The minimum absolute atomic E-state index is 0.0412. The van der Waals surface area contributed by atoms with Gasteiger partial charge in [0.15, 0.2) is 5.78 Å². The van der Waals surface area contributed by atoms with Crippen LogP contribution in [0.2, 0.25) is 0 Å². The Morgan fingerprint density at radius 1 is 0.846 bits per heavy atom. The van der Waals surface area contributed by atoms with Crippen molar-refractivity contribution in [3.8, 4) is 5.75 Å². The molecule has 2 atom stereocenters. The van der Waals surface area contributed by atoms with Gasteiger partial charge in [0.05, 0.1) is 17.4 Å². The monoisotopic (exact) mass is 514 g/mol. The largest absolute Gasteiger partial charge is 0.489 e. The van der Waals surface area contributed by atoms with Gasteiger partial charge in [0.1, 0.15) is 12.4 Å². The van der Waals surface area contributed by atoms with Crippen LogP contribution < -0.4 is 15.0 Å². The molecule has 194 valence electrons. The van der Waals surface area contributed by atoms with Crippen LogP contribution in [0.25, 0.3) is 0 Å². The molecule has 0 aromatic heterocycles. The van der Waals surface area contributed by atoms with Crippen LogP contribution in [-0.4, -0.2) is 11.7 Å².